The summed E-state index contributed by atoms with van der Waals surface area (Å²) in [4.78, 5) is 15.8. The Balaban J connectivity index is 1.69. The van der Waals surface area contributed by atoms with Gasteiger partial charge < -0.3 is 15.1 Å². The monoisotopic (exact) mass is 361 g/mol. The zero-order valence-corrected chi connectivity index (χ0v) is 14.7. The maximum Gasteiger partial charge on any atom is 0.271 e. The minimum Gasteiger partial charge on any atom is -0.365 e. The van der Waals surface area contributed by atoms with Gasteiger partial charge in [0.15, 0.2) is 11.5 Å². The average Bonchev–Trinajstić information content (AvgIpc) is 2.61. The van der Waals surface area contributed by atoms with Crippen LogP contribution in [0.5, 0.6) is 0 Å². The van der Waals surface area contributed by atoms with Crippen molar-refractivity contribution in [3.63, 3.8) is 0 Å². The van der Waals surface area contributed by atoms with Gasteiger partial charge in [0, 0.05) is 44.0 Å². The van der Waals surface area contributed by atoms with Crippen LogP contribution in [0.4, 0.5) is 20.3 Å². The van der Waals surface area contributed by atoms with Crippen molar-refractivity contribution in [1.29, 1.82) is 0 Å². The third kappa shape index (κ3) is 3.89. The number of nitrogens with one attached hydrogen (secondary N) is 1. The van der Waals surface area contributed by atoms with E-state index >= 15 is 0 Å². The topological polar surface area (TPSA) is 61.4 Å². The Labute approximate surface area is 150 Å². The predicted molar refractivity (Wildman–Crippen MR) is 95.4 cm³/mol. The summed E-state index contributed by atoms with van der Waals surface area (Å²) in [6.45, 7) is 6.23. The summed E-state index contributed by atoms with van der Waals surface area (Å²) >= 11 is 0. The van der Waals surface area contributed by atoms with Gasteiger partial charge in [-0.2, -0.15) is 0 Å². The SMILES string of the molecule is CCNC(=O)c1ccc(N2CCN(c3cc(F)cc(F)c3)[C@H](C)C2)nn1. The standard InChI is InChI=1S/C18H21F2N5O/c1-3-21-18(26)16-4-5-17(23-22-16)24-6-7-25(12(2)11-24)15-9-13(19)8-14(20)10-15/h4-5,8-10,12H,3,6-7,11H2,1-2H3,(H,21,26)/t12-/m1/s1. The first-order valence-electron chi connectivity index (χ1n) is 8.57. The number of amides is 1. The Bertz CT molecular complexity index is 763. The van der Waals surface area contributed by atoms with Gasteiger partial charge in [-0.1, -0.05) is 0 Å². The van der Waals surface area contributed by atoms with E-state index in [-0.39, 0.29) is 17.6 Å². The van der Waals surface area contributed by atoms with Gasteiger partial charge in [0.25, 0.3) is 5.91 Å². The molecule has 138 valence electrons. The largest absolute Gasteiger partial charge is 0.365 e. The molecule has 8 heteroatoms. The van der Waals surface area contributed by atoms with Gasteiger partial charge in [0.1, 0.15) is 11.6 Å². The molecule has 6 nitrogen and oxygen atoms in total. The normalized spacial score (nSPS) is 17.3. The van der Waals surface area contributed by atoms with Crippen molar-refractivity contribution in [3.05, 3.63) is 47.7 Å². The molecule has 1 aliphatic rings. The number of aromatic nitrogens is 2. The highest BCUT2D eigenvalue weighted by Crippen LogP contribution is 2.24. The molecule has 0 radical (unpaired) electrons. The first kappa shape index (κ1) is 18.0. The molecule has 1 saturated heterocycles. The lowest BCUT2D eigenvalue weighted by molar-refractivity contribution is 0.0950. The van der Waals surface area contributed by atoms with Gasteiger partial charge in [0.2, 0.25) is 0 Å². The molecule has 3 rings (SSSR count). The Morgan fingerprint density at radius 1 is 1.19 bits per heavy atom. The third-order valence-corrected chi connectivity index (χ3v) is 4.35. The number of piperazine rings is 1. The lowest BCUT2D eigenvalue weighted by atomic mass is 10.1. The first-order valence-corrected chi connectivity index (χ1v) is 8.57. The first-order chi connectivity index (χ1) is 12.5. The van der Waals surface area contributed by atoms with Crippen LogP contribution in [0.3, 0.4) is 0 Å². The van der Waals surface area contributed by atoms with Crippen molar-refractivity contribution in [1.82, 2.24) is 15.5 Å². The van der Waals surface area contributed by atoms with Crippen molar-refractivity contribution in [2.75, 3.05) is 36.0 Å². The number of carbonyl (C=O) groups is 1. The number of rotatable bonds is 4. The Morgan fingerprint density at radius 2 is 1.92 bits per heavy atom. The molecule has 2 aromatic rings. The van der Waals surface area contributed by atoms with Gasteiger partial charge in [-0.3, -0.25) is 4.79 Å². The molecule has 1 amide bonds. The number of hydrogen-bond acceptors (Lipinski definition) is 5. The van der Waals surface area contributed by atoms with Gasteiger partial charge in [-0.25, -0.2) is 8.78 Å². The summed E-state index contributed by atoms with van der Waals surface area (Å²) < 4.78 is 27.0. The maximum absolute atomic E-state index is 13.5. The number of nitrogens with zero attached hydrogens (tertiary/aromatic N) is 4. The second-order valence-electron chi connectivity index (χ2n) is 6.25. The zero-order valence-electron chi connectivity index (χ0n) is 14.7. The Kier molecular flexibility index (Phi) is 5.29. The predicted octanol–water partition coefficient (Wildman–Crippen LogP) is 2.22. The summed E-state index contributed by atoms with van der Waals surface area (Å²) in [5.74, 6) is -0.740. The van der Waals surface area contributed by atoms with E-state index < -0.39 is 11.6 Å². The zero-order chi connectivity index (χ0) is 18.7. The number of anilines is 2. The molecule has 1 aromatic heterocycles. The third-order valence-electron chi connectivity index (χ3n) is 4.35. The van der Waals surface area contributed by atoms with Crippen LogP contribution < -0.4 is 15.1 Å². The Morgan fingerprint density at radius 3 is 2.50 bits per heavy atom. The highest BCUT2D eigenvalue weighted by atomic mass is 19.1. The molecule has 1 aliphatic heterocycles. The van der Waals surface area contributed by atoms with Gasteiger partial charge in [0.05, 0.1) is 0 Å². The fourth-order valence-electron chi connectivity index (χ4n) is 3.12. The second-order valence-corrected chi connectivity index (χ2v) is 6.25. The second kappa shape index (κ2) is 7.63. The molecule has 1 aromatic carbocycles. The van der Waals surface area contributed by atoms with Crippen LogP contribution in [-0.2, 0) is 0 Å². The number of benzene rings is 1. The van der Waals surface area contributed by atoms with Gasteiger partial charge >= 0.3 is 0 Å². The highest BCUT2D eigenvalue weighted by Gasteiger charge is 2.25. The molecule has 1 N–H and O–H groups in total. The number of carbonyl (C=O) groups excluding carboxylic acids is 1. The minimum atomic E-state index is -0.582. The fraction of sp³-hybridized carbons (Fsp3) is 0.389. The molecular formula is C18H21F2N5O. The average molecular weight is 361 g/mol. The van der Waals surface area contributed by atoms with Crippen molar-refractivity contribution >= 4 is 17.4 Å². The van der Waals surface area contributed by atoms with Crippen molar-refractivity contribution < 1.29 is 13.6 Å². The number of halogens is 2. The van der Waals surface area contributed by atoms with Crippen LogP contribution in [0.15, 0.2) is 30.3 Å². The molecule has 0 spiro atoms. The van der Waals surface area contributed by atoms with Crippen LogP contribution in [-0.4, -0.2) is 48.3 Å². The van der Waals surface area contributed by atoms with E-state index in [2.05, 4.69) is 15.5 Å². The summed E-state index contributed by atoms with van der Waals surface area (Å²) in [5, 5.41) is 10.8. The quantitative estimate of drug-likeness (QED) is 0.905. The van der Waals surface area contributed by atoms with E-state index in [0.717, 1.165) is 6.07 Å². The molecule has 26 heavy (non-hydrogen) atoms. The van der Waals surface area contributed by atoms with Gasteiger partial charge in [-0.15, -0.1) is 10.2 Å². The van der Waals surface area contributed by atoms with Crippen molar-refractivity contribution in [2.24, 2.45) is 0 Å². The summed E-state index contributed by atoms with van der Waals surface area (Å²) in [7, 11) is 0. The van der Waals surface area contributed by atoms with E-state index in [1.54, 1.807) is 12.1 Å². The van der Waals surface area contributed by atoms with E-state index in [9.17, 15) is 13.6 Å². The van der Waals surface area contributed by atoms with E-state index in [1.807, 2.05) is 23.6 Å². The van der Waals surface area contributed by atoms with Gasteiger partial charge in [-0.05, 0) is 38.1 Å². The molecule has 0 bridgehead atoms. The fourth-order valence-corrected chi connectivity index (χ4v) is 3.12. The summed E-state index contributed by atoms with van der Waals surface area (Å²) in [5.41, 5.74) is 0.810. The van der Waals surface area contributed by atoms with Crippen LogP contribution in [0, 0.1) is 11.6 Å². The van der Waals surface area contributed by atoms with E-state index in [1.165, 1.54) is 12.1 Å². The molecule has 2 heterocycles. The summed E-state index contributed by atoms with van der Waals surface area (Å²) in [6.07, 6.45) is 0. The van der Waals surface area contributed by atoms with Crippen LogP contribution in [0.1, 0.15) is 24.3 Å². The smallest absolute Gasteiger partial charge is 0.271 e. The maximum atomic E-state index is 13.5. The Hall–Kier alpha value is -2.77. The van der Waals surface area contributed by atoms with Crippen LogP contribution in [0.25, 0.3) is 0 Å². The lowest BCUT2D eigenvalue weighted by Crippen LogP contribution is -2.52. The molecule has 0 saturated carbocycles. The van der Waals surface area contributed by atoms with Crippen LogP contribution >= 0.6 is 0 Å². The highest BCUT2D eigenvalue weighted by molar-refractivity contribution is 5.92. The van der Waals surface area contributed by atoms with E-state index in [0.29, 0.717) is 37.7 Å². The van der Waals surface area contributed by atoms with Crippen molar-refractivity contribution in [3.8, 4) is 0 Å². The molecule has 1 fully saturated rings. The van der Waals surface area contributed by atoms with E-state index in [4.69, 9.17) is 0 Å². The molecule has 0 unspecified atom stereocenters. The minimum absolute atomic E-state index is 0.0369. The summed E-state index contributed by atoms with van der Waals surface area (Å²) in [6, 6.07) is 7.01. The van der Waals surface area contributed by atoms with Crippen molar-refractivity contribution in [2.45, 2.75) is 19.9 Å². The molecular weight excluding hydrogens is 340 g/mol. The molecule has 0 aliphatic carbocycles. The lowest BCUT2D eigenvalue weighted by Gasteiger charge is -2.41. The molecule has 1 atom stereocenters. The number of hydrogen-bond donors (Lipinski definition) is 1. The van der Waals surface area contributed by atoms with Crippen LogP contribution in [0.2, 0.25) is 0 Å².